The van der Waals surface area contributed by atoms with Gasteiger partial charge in [-0.1, -0.05) is 13.0 Å². The summed E-state index contributed by atoms with van der Waals surface area (Å²) in [4.78, 5) is 14.8. The molecule has 82 valence electrons. The normalized spacial score (nSPS) is 12.2. The number of pyridine rings is 1. The van der Waals surface area contributed by atoms with Gasteiger partial charge in [-0.3, -0.25) is 4.79 Å². The maximum atomic E-state index is 10.5. The molecular weight excluding hydrogens is 194 g/mol. The zero-order valence-electron chi connectivity index (χ0n) is 9.15. The first-order valence-corrected chi connectivity index (χ1v) is 4.78. The lowest BCUT2D eigenvalue weighted by molar-refractivity contribution is -0.137. The Kier molecular flexibility index (Phi) is 3.66. The highest BCUT2D eigenvalue weighted by atomic mass is 16.5. The zero-order valence-corrected chi connectivity index (χ0v) is 9.15. The summed E-state index contributed by atoms with van der Waals surface area (Å²) in [5.74, 6) is -0.356. The summed E-state index contributed by atoms with van der Waals surface area (Å²) in [5, 5.41) is 8.67. The van der Waals surface area contributed by atoms with Crippen molar-refractivity contribution in [3.8, 4) is 5.88 Å². The third-order valence-corrected chi connectivity index (χ3v) is 2.25. The molecule has 0 bridgehead atoms. The number of methoxy groups -OCH3 is 1. The Bertz CT molecular complexity index is 363. The molecular formula is C11H15NO3. The van der Waals surface area contributed by atoms with Gasteiger partial charge in [0.15, 0.2) is 0 Å². The van der Waals surface area contributed by atoms with Crippen LogP contribution in [-0.2, 0) is 4.79 Å². The molecule has 4 heteroatoms. The van der Waals surface area contributed by atoms with Gasteiger partial charge in [-0.25, -0.2) is 4.98 Å². The summed E-state index contributed by atoms with van der Waals surface area (Å²) in [6.45, 7) is 3.74. The van der Waals surface area contributed by atoms with Gasteiger partial charge < -0.3 is 9.84 Å². The molecule has 0 aliphatic heterocycles. The van der Waals surface area contributed by atoms with E-state index in [0.29, 0.717) is 5.88 Å². The summed E-state index contributed by atoms with van der Waals surface area (Å²) in [5.41, 5.74) is 1.70. The van der Waals surface area contributed by atoms with E-state index in [9.17, 15) is 4.79 Å². The van der Waals surface area contributed by atoms with Crippen LogP contribution in [0.4, 0.5) is 0 Å². The molecule has 1 atom stereocenters. The van der Waals surface area contributed by atoms with Gasteiger partial charge in [0.1, 0.15) is 0 Å². The maximum Gasteiger partial charge on any atom is 0.304 e. The third kappa shape index (κ3) is 2.94. The van der Waals surface area contributed by atoms with Crippen molar-refractivity contribution in [2.24, 2.45) is 0 Å². The largest absolute Gasteiger partial charge is 0.481 e. The molecule has 1 aromatic heterocycles. The number of carbonyl (C=O) groups is 1. The molecule has 0 spiro atoms. The molecule has 0 saturated carbocycles. The molecule has 1 heterocycles. The number of aryl methyl sites for hydroxylation is 1. The van der Waals surface area contributed by atoms with E-state index in [4.69, 9.17) is 9.84 Å². The number of carboxylic acids is 1. The predicted molar refractivity (Wildman–Crippen MR) is 56.2 cm³/mol. The summed E-state index contributed by atoms with van der Waals surface area (Å²) in [6.07, 6.45) is 0.0826. The van der Waals surface area contributed by atoms with Gasteiger partial charge in [0.2, 0.25) is 5.88 Å². The van der Waals surface area contributed by atoms with Crippen molar-refractivity contribution >= 4 is 5.97 Å². The van der Waals surface area contributed by atoms with Gasteiger partial charge in [0, 0.05) is 17.2 Å². The second kappa shape index (κ2) is 4.77. The molecule has 0 saturated heterocycles. The van der Waals surface area contributed by atoms with E-state index in [1.54, 1.807) is 7.11 Å². The van der Waals surface area contributed by atoms with Crippen molar-refractivity contribution in [2.45, 2.75) is 26.2 Å². The minimum Gasteiger partial charge on any atom is -0.481 e. The van der Waals surface area contributed by atoms with E-state index >= 15 is 0 Å². The van der Waals surface area contributed by atoms with E-state index in [1.807, 2.05) is 26.0 Å². The van der Waals surface area contributed by atoms with Crippen molar-refractivity contribution in [3.05, 3.63) is 23.4 Å². The number of aliphatic carboxylic acids is 1. The Labute approximate surface area is 88.9 Å². The molecule has 0 fully saturated rings. The molecule has 0 radical (unpaired) electrons. The lowest BCUT2D eigenvalue weighted by atomic mass is 10.0. The molecule has 0 aliphatic carbocycles. The van der Waals surface area contributed by atoms with Crippen LogP contribution in [0.5, 0.6) is 5.88 Å². The smallest absolute Gasteiger partial charge is 0.304 e. The summed E-state index contributed by atoms with van der Waals surface area (Å²) in [6, 6.07) is 3.73. The average molecular weight is 209 g/mol. The van der Waals surface area contributed by atoms with Crippen LogP contribution in [-0.4, -0.2) is 23.2 Å². The summed E-state index contributed by atoms with van der Waals surface area (Å²) >= 11 is 0. The van der Waals surface area contributed by atoms with Crippen molar-refractivity contribution in [2.75, 3.05) is 7.11 Å². The Hall–Kier alpha value is -1.58. The Balaban J connectivity index is 2.90. The highest BCUT2D eigenvalue weighted by Crippen LogP contribution is 2.21. The molecule has 1 aromatic rings. The number of aromatic nitrogens is 1. The van der Waals surface area contributed by atoms with Gasteiger partial charge in [0.05, 0.1) is 13.5 Å². The lowest BCUT2D eigenvalue weighted by Gasteiger charge is -2.10. The van der Waals surface area contributed by atoms with Crippen LogP contribution in [0.15, 0.2) is 12.1 Å². The predicted octanol–water partition coefficient (Wildman–Crippen LogP) is 1.98. The molecule has 0 aromatic carbocycles. The first-order chi connectivity index (χ1) is 7.04. The van der Waals surface area contributed by atoms with Gasteiger partial charge >= 0.3 is 5.97 Å². The van der Waals surface area contributed by atoms with E-state index in [1.165, 1.54) is 0 Å². The third-order valence-electron chi connectivity index (χ3n) is 2.25. The quantitative estimate of drug-likeness (QED) is 0.823. The maximum absolute atomic E-state index is 10.5. The van der Waals surface area contributed by atoms with E-state index in [2.05, 4.69) is 4.98 Å². The standard InChI is InChI=1S/C11H15NO3/c1-7-4-5-9(12-11(7)15-3)8(2)6-10(13)14/h4-5,8H,6H2,1-3H3,(H,13,14). The van der Waals surface area contributed by atoms with Gasteiger partial charge in [-0.2, -0.15) is 0 Å². The van der Waals surface area contributed by atoms with Crippen LogP contribution in [0.2, 0.25) is 0 Å². The number of nitrogens with zero attached hydrogens (tertiary/aromatic N) is 1. The van der Waals surface area contributed by atoms with Crippen molar-refractivity contribution in [1.29, 1.82) is 0 Å². The SMILES string of the molecule is COc1nc(C(C)CC(=O)O)ccc1C. The fourth-order valence-electron chi connectivity index (χ4n) is 1.37. The molecule has 4 nitrogen and oxygen atoms in total. The van der Waals surface area contributed by atoms with Gasteiger partial charge in [0.25, 0.3) is 0 Å². The van der Waals surface area contributed by atoms with E-state index in [-0.39, 0.29) is 12.3 Å². The van der Waals surface area contributed by atoms with Gasteiger partial charge in [-0.15, -0.1) is 0 Å². The Morgan fingerprint density at radius 3 is 2.80 bits per heavy atom. The van der Waals surface area contributed by atoms with Crippen molar-refractivity contribution < 1.29 is 14.6 Å². The van der Waals surface area contributed by atoms with Crippen LogP contribution in [0.1, 0.15) is 30.5 Å². The first kappa shape index (κ1) is 11.5. The number of carboxylic acid groups (broad SMARTS) is 1. The lowest BCUT2D eigenvalue weighted by Crippen LogP contribution is -2.05. The highest BCUT2D eigenvalue weighted by molar-refractivity contribution is 5.67. The van der Waals surface area contributed by atoms with Crippen LogP contribution in [0, 0.1) is 6.92 Å². The molecule has 1 N–H and O–H groups in total. The molecule has 15 heavy (non-hydrogen) atoms. The average Bonchev–Trinajstić information content (AvgIpc) is 2.17. The zero-order chi connectivity index (χ0) is 11.4. The number of rotatable bonds is 4. The number of hydrogen-bond donors (Lipinski definition) is 1. The van der Waals surface area contributed by atoms with Crippen LogP contribution in [0.25, 0.3) is 0 Å². The molecule has 1 rings (SSSR count). The molecule has 0 aliphatic rings. The van der Waals surface area contributed by atoms with E-state index in [0.717, 1.165) is 11.3 Å². The Morgan fingerprint density at radius 1 is 1.60 bits per heavy atom. The molecule has 1 unspecified atom stereocenters. The minimum absolute atomic E-state index is 0.0826. The topological polar surface area (TPSA) is 59.4 Å². The van der Waals surface area contributed by atoms with Crippen LogP contribution in [0.3, 0.4) is 0 Å². The van der Waals surface area contributed by atoms with E-state index < -0.39 is 5.97 Å². The second-order valence-corrected chi connectivity index (χ2v) is 3.56. The Morgan fingerprint density at radius 2 is 2.27 bits per heavy atom. The number of ether oxygens (including phenoxy) is 1. The summed E-state index contributed by atoms with van der Waals surface area (Å²) in [7, 11) is 1.56. The fraction of sp³-hybridized carbons (Fsp3) is 0.455. The monoisotopic (exact) mass is 209 g/mol. The van der Waals surface area contributed by atoms with Crippen molar-refractivity contribution in [1.82, 2.24) is 4.98 Å². The van der Waals surface area contributed by atoms with Crippen LogP contribution >= 0.6 is 0 Å². The van der Waals surface area contributed by atoms with Crippen LogP contribution < -0.4 is 4.74 Å². The molecule has 0 amide bonds. The highest BCUT2D eigenvalue weighted by Gasteiger charge is 2.13. The summed E-state index contributed by atoms with van der Waals surface area (Å²) < 4.78 is 5.08. The minimum atomic E-state index is -0.816. The van der Waals surface area contributed by atoms with Gasteiger partial charge in [-0.05, 0) is 13.0 Å². The fourth-order valence-corrected chi connectivity index (χ4v) is 1.37. The first-order valence-electron chi connectivity index (χ1n) is 4.78. The van der Waals surface area contributed by atoms with Crippen molar-refractivity contribution in [3.63, 3.8) is 0 Å². The number of hydrogen-bond acceptors (Lipinski definition) is 3. The second-order valence-electron chi connectivity index (χ2n) is 3.56.